The van der Waals surface area contributed by atoms with Gasteiger partial charge in [0.15, 0.2) is 22.5 Å². The highest BCUT2D eigenvalue weighted by Gasteiger charge is 2.23. The van der Waals surface area contributed by atoms with Crippen LogP contribution in [0.5, 0.6) is 11.5 Å². The predicted octanol–water partition coefficient (Wildman–Crippen LogP) is 4.34. The average Bonchev–Trinajstić information content (AvgIpc) is 2.84. The van der Waals surface area contributed by atoms with E-state index in [1.807, 2.05) is 54.6 Å². The Morgan fingerprint density at radius 2 is 1.72 bits per heavy atom. The quantitative estimate of drug-likeness (QED) is 0.524. The second-order valence-electron chi connectivity index (χ2n) is 7.64. The first-order valence-electron chi connectivity index (χ1n) is 10.4. The number of carbonyl (C=O) groups is 1. The van der Waals surface area contributed by atoms with Crippen molar-refractivity contribution in [2.24, 2.45) is 0 Å². The van der Waals surface area contributed by atoms with Crippen molar-refractivity contribution in [2.45, 2.75) is 13.0 Å². The van der Waals surface area contributed by atoms with E-state index in [4.69, 9.17) is 13.9 Å². The van der Waals surface area contributed by atoms with Gasteiger partial charge < -0.3 is 19.2 Å². The Balaban J connectivity index is 1.43. The molecule has 1 N–H and O–H groups in total. The number of fused-ring (bicyclic) bond motifs is 2. The Morgan fingerprint density at radius 3 is 2.53 bits per heavy atom. The number of carbonyl (C=O) groups excluding carboxylic acids is 1. The number of rotatable bonds is 4. The third-order valence-corrected chi connectivity index (χ3v) is 5.48. The third kappa shape index (κ3) is 3.60. The number of benzene rings is 3. The smallest absolute Gasteiger partial charge is 0.255 e. The van der Waals surface area contributed by atoms with Crippen LogP contribution in [0, 0.1) is 6.92 Å². The normalized spacial score (nSPS) is 14.8. The summed E-state index contributed by atoms with van der Waals surface area (Å²) in [4.78, 5) is 26.0. The van der Waals surface area contributed by atoms with Gasteiger partial charge in [0.05, 0.1) is 17.5 Å². The molecule has 4 aromatic rings. The second kappa shape index (κ2) is 8.23. The molecule has 2 heterocycles. The summed E-state index contributed by atoms with van der Waals surface area (Å²) >= 11 is 0. The van der Waals surface area contributed by atoms with Crippen LogP contribution in [0.3, 0.4) is 0 Å². The van der Waals surface area contributed by atoms with E-state index < -0.39 is 0 Å². The van der Waals surface area contributed by atoms with Gasteiger partial charge in [-0.3, -0.25) is 9.59 Å². The van der Waals surface area contributed by atoms with Crippen molar-refractivity contribution in [3.8, 4) is 22.8 Å². The highest BCUT2D eigenvalue weighted by Crippen LogP contribution is 2.31. The molecule has 0 saturated carbocycles. The molecule has 0 spiro atoms. The lowest BCUT2D eigenvalue weighted by atomic mass is 10.0. The van der Waals surface area contributed by atoms with Gasteiger partial charge in [-0.2, -0.15) is 0 Å². The molecule has 1 aliphatic rings. The van der Waals surface area contributed by atoms with E-state index in [9.17, 15) is 9.59 Å². The number of amides is 1. The topological polar surface area (TPSA) is 77.8 Å². The monoisotopic (exact) mass is 427 g/mol. The third-order valence-electron chi connectivity index (χ3n) is 5.48. The average molecular weight is 427 g/mol. The van der Waals surface area contributed by atoms with Gasteiger partial charge >= 0.3 is 0 Å². The van der Waals surface area contributed by atoms with E-state index in [0.29, 0.717) is 40.4 Å². The minimum atomic E-state index is -0.343. The summed E-state index contributed by atoms with van der Waals surface area (Å²) in [5, 5.41) is 3.25. The Kier molecular flexibility index (Phi) is 5.11. The lowest BCUT2D eigenvalue weighted by molar-refractivity contribution is 0.0789. The van der Waals surface area contributed by atoms with Crippen LogP contribution in [0.2, 0.25) is 0 Å². The molecule has 0 fully saturated rings. The maximum atomic E-state index is 13.0. The molecule has 6 nitrogen and oxygen atoms in total. The lowest BCUT2D eigenvalue weighted by Gasteiger charge is -2.26. The molecule has 6 heteroatoms. The van der Waals surface area contributed by atoms with Crippen LogP contribution in [-0.2, 0) is 0 Å². The summed E-state index contributed by atoms with van der Waals surface area (Å²) in [7, 11) is 0. The molecule has 0 radical (unpaired) electrons. The first kappa shape index (κ1) is 19.9. The summed E-state index contributed by atoms with van der Waals surface area (Å²) in [5.41, 5.74) is 1.71. The van der Waals surface area contributed by atoms with Gasteiger partial charge in [0.1, 0.15) is 18.5 Å². The second-order valence-corrected chi connectivity index (χ2v) is 7.64. The molecule has 0 saturated heterocycles. The largest absolute Gasteiger partial charge is 0.486 e. The van der Waals surface area contributed by atoms with Gasteiger partial charge in [-0.15, -0.1) is 0 Å². The fraction of sp³-hybridized carbons (Fsp3) is 0.154. The first-order chi connectivity index (χ1) is 15.6. The van der Waals surface area contributed by atoms with Crippen LogP contribution in [-0.4, -0.2) is 25.2 Å². The van der Waals surface area contributed by atoms with Crippen LogP contribution in [0.15, 0.2) is 82.0 Å². The number of hydrogen-bond donors (Lipinski definition) is 1. The molecule has 1 aromatic heterocycles. The molecule has 1 aliphatic heterocycles. The Bertz CT molecular complexity index is 1360. The first-order valence-corrected chi connectivity index (χ1v) is 10.4. The van der Waals surface area contributed by atoms with E-state index in [2.05, 4.69) is 5.32 Å². The molecule has 3 aromatic carbocycles. The summed E-state index contributed by atoms with van der Waals surface area (Å²) in [6.07, 6.45) is -0.321. The summed E-state index contributed by atoms with van der Waals surface area (Å²) in [6, 6.07) is 21.8. The molecule has 0 bridgehead atoms. The van der Waals surface area contributed by atoms with E-state index >= 15 is 0 Å². The van der Waals surface area contributed by atoms with E-state index in [1.165, 1.54) is 0 Å². The molecule has 160 valence electrons. The van der Waals surface area contributed by atoms with Crippen LogP contribution >= 0.6 is 0 Å². The van der Waals surface area contributed by atoms with E-state index in [1.54, 1.807) is 25.1 Å². The van der Waals surface area contributed by atoms with Gasteiger partial charge in [-0.05, 0) is 31.2 Å². The lowest BCUT2D eigenvalue weighted by Crippen LogP contribution is -2.40. The highest BCUT2D eigenvalue weighted by atomic mass is 16.6. The number of para-hydroxylation sites is 3. The van der Waals surface area contributed by atoms with Gasteiger partial charge in [0.2, 0.25) is 0 Å². The standard InChI is InChI=1S/C26H21NO5/c1-16-23(28)19-10-7-11-20(25(19)32-24(16)17-8-3-2-4-9-17)26(29)27-14-18-15-30-21-12-5-6-13-22(21)31-18/h2-13,18H,14-15H2,1H3,(H,27,29). The predicted molar refractivity (Wildman–Crippen MR) is 121 cm³/mol. The molecule has 0 aliphatic carbocycles. The molecule has 1 amide bonds. The maximum Gasteiger partial charge on any atom is 0.255 e. The minimum absolute atomic E-state index is 0.152. The van der Waals surface area contributed by atoms with Crippen molar-refractivity contribution >= 4 is 16.9 Å². The van der Waals surface area contributed by atoms with Crippen molar-refractivity contribution < 1.29 is 18.7 Å². The SMILES string of the molecule is Cc1c(-c2ccccc2)oc2c(C(=O)NCC3COc4ccccc4O3)cccc2c1=O. The maximum absolute atomic E-state index is 13.0. The Labute approximate surface area is 184 Å². The van der Waals surface area contributed by atoms with Crippen molar-refractivity contribution in [1.29, 1.82) is 0 Å². The van der Waals surface area contributed by atoms with Crippen molar-refractivity contribution in [3.63, 3.8) is 0 Å². The molecule has 32 heavy (non-hydrogen) atoms. The molecule has 1 atom stereocenters. The molecular formula is C26H21NO5. The zero-order chi connectivity index (χ0) is 22.1. The minimum Gasteiger partial charge on any atom is -0.486 e. The Morgan fingerprint density at radius 1 is 0.969 bits per heavy atom. The van der Waals surface area contributed by atoms with Crippen LogP contribution in [0.1, 0.15) is 15.9 Å². The van der Waals surface area contributed by atoms with Gasteiger partial charge in [-0.25, -0.2) is 0 Å². The Hall–Kier alpha value is -4.06. The van der Waals surface area contributed by atoms with Gasteiger partial charge in [-0.1, -0.05) is 48.5 Å². The molecular weight excluding hydrogens is 406 g/mol. The fourth-order valence-electron chi connectivity index (χ4n) is 3.82. The zero-order valence-corrected chi connectivity index (χ0v) is 17.5. The molecule has 1 unspecified atom stereocenters. The van der Waals surface area contributed by atoms with Crippen molar-refractivity contribution in [1.82, 2.24) is 5.32 Å². The number of hydrogen-bond acceptors (Lipinski definition) is 5. The van der Waals surface area contributed by atoms with Gasteiger partial charge in [0.25, 0.3) is 5.91 Å². The van der Waals surface area contributed by atoms with Crippen LogP contribution < -0.4 is 20.2 Å². The van der Waals surface area contributed by atoms with Crippen LogP contribution in [0.25, 0.3) is 22.3 Å². The van der Waals surface area contributed by atoms with Gasteiger partial charge in [0, 0.05) is 11.1 Å². The number of nitrogens with one attached hydrogen (secondary N) is 1. The summed E-state index contributed by atoms with van der Waals surface area (Å²) < 4.78 is 17.7. The molecule has 5 rings (SSSR count). The zero-order valence-electron chi connectivity index (χ0n) is 17.5. The summed E-state index contributed by atoms with van der Waals surface area (Å²) in [5.74, 6) is 1.46. The number of ether oxygens (including phenoxy) is 2. The highest BCUT2D eigenvalue weighted by molar-refractivity contribution is 6.05. The van der Waals surface area contributed by atoms with Crippen molar-refractivity contribution in [3.05, 3.63) is 94.1 Å². The van der Waals surface area contributed by atoms with E-state index in [-0.39, 0.29) is 29.6 Å². The van der Waals surface area contributed by atoms with Crippen molar-refractivity contribution in [2.75, 3.05) is 13.2 Å². The summed E-state index contributed by atoms with van der Waals surface area (Å²) in [6.45, 7) is 2.32. The van der Waals surface area contributed by atoms with E-state index in [0.717, 1.165) is 5.56 Å². The fourth-order valence-corrected chi connectivity index (χ4v) is 3.82. The van der Waals surface area contributed by atoms with Crippen LogP contribution in [0.4, 0.5) is 0 Å².